The number of hydrogen-bond donors (Lipinski definition) is 1. The number of likely N-dealkylation sites (tertiary alicyclic amines) is 1. The first kappa shape index (κ1) is 16.7. The van der Waals surface area contributed by atoms with E-state index in [0.717, 1.165) is 28.7 Å². The molecule has 2 rings (SSSR count). The summed E-state index contributed by atoms with van der Waals surface area (Å²) in [6.45, 7) is 2.83. The molecule has 1 fully saturated rings. The monoisotopic (exact) mass is 323 g/mol. The van der Waals surface area contributed by atoms with E-state index in [1.165, 1.54) is 11.3 Å². The van der Waals surface area contributed by atoms with Gasteiger partial charge in [-0.15, -0.1) is 23.7 Å². The van der Waals surface area contributed by atoms with Crippen molar-refractivity contribution in [1.82, 2.24) is 9.80 Å². The molecule has 2 heterocycles. The Labute approximate surface area is 128 Å². The zero-order valence-electron chi connectivity index (χ0n) is 10.8. The van der Waals surface area contributed by atoms with E-state index in [4.69, 9.17) is 17.3 Å². The van der Waals surface area contributed by atoms with Crippen LogP contribution in [-0.4, -0.2) is 48.4 Å². The van der Waals surface area contributed by atoms with Crippen LogP contribution in [0.15, 0.2) is 12.1 Å². The topological polar surface area (TPSA) is 49.6 Å². The van der Waals surface area contributed by atoms with E-state index in [1.54, 1.807) is 4.90 Å². The minimum Gasteiger partial charge on any atom is -0.340 e. The van der Waals surface area contributed by atoms with Crippen molar-refractivity contribution in [2.45, 2.75) is 19.0 Å². The van der Waals surface area contributed by atoms with Gasteiger partial charge in [-0.2, -0.15) is 0 Å². The average molecular weight is 324 g/mol. The maximum Gasteiger partial charge on any atom is 0.236 e. The molecule has 1 aliphatic rings. The van der Waals surface area contributed by atoms with Crippen molar-refractivity contribution in [3.63, 3.8) is 0 Å². The number of amides is 1. The quantitative estimate of drug-likeness (QED) is 0.919. The maximum absolute atomic E-state index is 12.0. The molecule has 1 aliphatic heterocycles. The predicted molar refractivity (Wildman–Crippen MR) is 82.1 cm³/mol. The minimum atomic E-state index is 0. The molecule has 7 heteroatoms. The van der Waals surface area contributed by atoms with E-state index in [9.17, 15) is 4.79 Å². The van der Waals surface area contributed by atoms with Crippen molar-refractivity contribution in [2.75, 3.05) is 26.7 Å². The molecule has 1 aromatic rings. The van der Waals surface area contributed by atoms with Gasteiger partial charge in [-0.1, -0.05) is 11.6 Å². The first-order valence-corrected chi connectivity index (χ1v) is 7.20. The second-order valence-electron chi connectivity index (χ2n) is 4.74. The number of hydrogen-bond acceptors (Lipinski definition) is 4. The van der Waals surface area contributed by atoms with Gasteiger partial charge in [-0.25, -0.2) is 0 Å². The fourth-order valence-electron chi connectivity index (χ4n) is 2.08. The van der Waals surface area contributed by atoms with Gasteiger partial charge in [0.15, 0.2) is 0 Å². The lowest BCUT2D eigenvalue weighted by molar-refractivity contribution is -0.131. The lowest BCUT2D eigenvalue weighted by Crippen LogP contribution is -2.38. The van der Waals surface area contributed by atoms with Crippen LogP contribution in [0.2, 0.25) is 4.34 Å². The zero-order valence-corrected chi connectivity index (χ0v) is 13.2. The first-order chi connectivity index (χ1) is 8.54. The van der Waals surface area contributed by atoms with Gasteiger partial charge in [0.2, 0.25) is 5.91 Å². The standard InChI is InChI=1S/C12H18ClN3OS.ClH/c1-15(7-10-2-3-11(13)18-10)12(17)8-16-5-4-9(14)6-16;/h2-3,9H,4-8,14H2,1H3;1H. The number of carbonyl (C=O) groups excluding carboxylic acids is 1. The van der Waals surface area contributed by atoms with Crippen molar-refractivity contribution in [2.24, 2.45) is 5.73 Å². The fraction of sp³-hybridized carbons (Fsp3) is 0.583. The highest BCUT2D eigenvalue weighted by molar-refractivity contribution is 7.16. The van der Waals surface area contributed by atoms with E-state index in [0.29, 0.717) is 13.1 Å². The van der Waals surface area contributed by atoms with Crippen LogP contribution in [0, 0.1) is 0 Å². The van der Waals surface area contributed by atoms with Crippen LogP contribution in [0.1, 0.15) is 11.3 Å². The van der Waals surface area contributed by atoms with Crippen molar-refractivity contribution < 1.29 is 4.79 Å². The van der Waals surface area contributed by atoms with Crippen LogP contribution in [0.4, 0.5) is 0 Å². The Kier molecular flexibility index (Phi) is 6.56. The molecule has 108 valence electrons. The summed E-state index contributed by atoms with van der Waals surface area (Å²) in [7, 11) is 1.83. The summed E-state index contributed by atoms with van der Waals surface area (Å²) in [6.07, 6.45) is 0.984. The highest BCUT2D eigenvalue weighted by Gasteiger charge is 2.22. The van der Waals surface area contributed by atoms with Gasteiger partial charge in [0, 0.05) is 31.1 Å². The van der Waals surface area contributed by atoms with E-state index < -0.39 is 0 Å². The van der Waals surface area contributed by atoms with Gasteiger partial charge < -0.3 is 10.6 Å². The van der Waals surface area contributed by atoms with Crippen molar-refractivity contribution >= 4 is 41.3 Å². The number of carbonyl (C=O) groups is 1. The Morgan fingerprint density at radius 3 is 2.89 bits per heavy atom. The Hall–Kier alpha value is -0.330. The third kappa shape index (κ3) is 4.93. The molecule has 4 nitrogen and oxygen atoms in total. The van der Waals surface area contributed by atoms with Crippen LogP contribution < -0.4 is 5.73 Å². The summed E-state index contributed by atoms with van der Waals surface area (Å²) >= 11 is 7.38. The third-order valence-corrected chi connectivity index (χ3v) is 4.33. The van der Waals surface area contributed by atoms with Gasteiger partial charge >= 0.3 is 0 Å². The minimum absolute atomic E-state index is 0. The molecule has 19 heavy (non-hydrogen) atoms. The summed E-state index contributed by atoms with van der Waals surface area (Å²) in [4.78, 5) is 17.0. The largest absolute Gasteiger partial charge is 0.340 e. The molecule has 0 aromatic carbocycles. The number of halogens is 2. The van der Waals surface area contributed by atoms with Crippen LogP contribution in [0.25, 0.3) is 0 Å². The maximum atomic E-state index is 12.0. The van der Waals surface area contributed by atoms with Crippen molar-refractivity contribution in [3.05, 3.63) is 21.3 Å². The SMILES string of the molecule is CN(Cc1ccc(Cl)s1)C(=O)CN1CCC(N)C1.Cl. The van der Waals surface area contributed by atoms with Gasteiger partial charge in [0.1, 0.15) is 0 Å². The Morgan fingerprint density at radius 2 is 2.37 bits per heavy atom. The third-order valence-electron chi connectivity index (χ3n) is 3.12. The number of nitrogens with zero attached hydrogens (tertiary/aromatic N) is 2. The van der Waals surface area contributed by atoms with Crippen LogP contribution >= 0.6 is 35.3 Å². The number of nitrogens with two attached hydrogens (primary N) is 1. The van der Waals surface area contributed by atoms with Gasteiger partial charge in [0.05, 0.1) is 17.4 Å². The Morgan fingerprint density at radius 1 is 1.63 bits per heavy atom. The zero-order chi connectivity index (χ0) is 13.1. The molecule has 0 aliphatic carbocycles. The highest BCUT2D eigenvalue weighted by atomic mass is 35.5. The molecular formula is C12H19Cl2N3OS. The average Bonchev–Trinajstić information content (AvgIpc) is 2.88. The molecule has 0 spiro atoms. The van der Waals surface area contributed by atoms with Crippen LogP contribution in [0.5, 0.6) is 0 Å². The Bertz CT molecular complexity index is 427. The van der Waals surface area contributed by atoms with Crippen LogP contribution in [-0.2, 0) is 11.3 Å². The summed E-state index contributed by atoms with van der Waals surface area (Å²) in [6, 6.07) is 4.04. The van der Waals surface area contributed by atoms with Gasteiger partial charge in [-0.3, -0.25) is 9.69 Å². The second-order valence-corrected chi connectivity index (χ2v) is 6.54. The molecule has 0 bridgehead atoms. The molecule has 1 aromatic heterocycles. The van der Waals surface area contributed by atoms with E-state index in [2.05, 4.69) is 4.90 Å². The normalized spacial score (nSPS) is 19.2. The summed E-state index contributed by atoms with van der Waals surface area (Å²) < 4.78 is 0.761. The van der Waals surface area contributed by atoms with Crippen molar-refractivity contribution in [3.8, 4) is 0 Å². The smallest absolute Gasteiger partial charge is 0.236 e. The molecule has 2 N–H and O–H groups in total. The number of thiophene rings is 1. The predicted octanol–water partition coefficient (Wildman–Crippen LogP) is 1.81. The molecule has 1 unspecified atom stereocenters. The molecular weight excluding hydrogens is 305 g/mol. The van der Waals surface area contributed by atoms with E-state index in [-0.39, 0.29) is 24.4 Å². The molecule has 0 radical (unpaired) electrons. The summed E-state index contributed by atoms with van der Waals surface area (Å²) in [5.41, 5.74) is 5.82. The van der Waals surface area contributed by atoms with E-state index in [1.807, 2.05) is 19.2 Å². The van der Waals surface area contributed by atoms with E-state index >= 15 is 0 Å². The molecule has 1 atom stereocenters. The summed E-state index contributed by atoms with van der Waals surface area (Å²) in [5.74, 6) is 0.133. The lowest BCUT2D eigenvalue weighted by Gasteiger charge is -2.20. The molecule has 1 amide bonds. The summed E-state index contributed by atoms with van der Waals surface area (Å²) in [5, 5.41) is 0. The van der Waals surface area contributed by atoms with Crippen molar-refractivity contribution in [1.29, 1.82) is 0 Å². The van der Waals surface area contributed by atoms with Gasteiger partial charge in [0.25, 0.3) is 0 Å². The first-order valence-electron chi connectivity index (χ1n) is 6.00. The Balaban J connectivity index is 0.00000180. The number of rotatable bonds is 4. The molecule has 0 saturated carbocycles. The second kappa shape index (κ2) is 7.45. The van der Waals surface area contributed by atoms with Crippen LogP contribution in [0.3, 0.4) is 0 Å². The molecule has 1 saturated heterocycles. The number of likely N-dealkylation sites (N-methyl/N-ethyl adjacent to an activating group) is 1. The lowest BCUT2D eigenvalue weighted by atomic mass is 10.3. The van der Waals surface area contributed by atoms with Gasteiger partial charge in [-0.05, 0) is 18.6 Å². The highest BCUT2D eigenvalue weighted by Crippen LogP contribution is 2.22. The fourth-order valence-corrected chi connectivity index (χ4v) is 3.22.